The third-order valence-electron chi connectivity index (χ3n) is 5.39. The molecule has 0 radical (unpaired) electrons. The van der Waals surface area contributed by atoms with Crippen molar-refractivity contribution >= 4 is 29.8 Å². The fourth-order valence-electron chi connectivity index (χ4n) is 3.67. The summed E-state index contributed by atoms with van der Waals surface area (Å²) in [6, 6.07) is 11.4. The third kappa shape index (κ3) is 5.46. The molecule has 154 valence electrons. The van der Waals surface area contributed by atoms with Crippen LogP contribution in [0.5, 0.6) is 0 Å². The van der Waals surface area contributed by atoms with Crippen LogP contribution in [0.4, 0.5) is 10.6 Å². The van der Waals surface area contributed by atoms with E-state index >= 15 is 0 Å². The number of hydrogen-bond acceptors (Lipinski definition) is 5. The molecule has 1 aromatic heterocycles. The zero-order valence-corrected chi connectivity index (χ0v) is 16.8. The maximum atomic E-state index is 11.2. The Bertz CT molecular complexity index is 821. The van der Waals surface area contributed by atoms with E-state index in [1.54, 1.807) is 0 Å². The van der Waals surface area contributed by atoms with E-state index in [4.69, 9.17) is 22.4 Å². The molecule has 2 heterocycles. The zero-order chi connectivity index (χ0) is 20.8. The number of piperidine rings is 1. The summed E-state index contributed by atoms with van der Waals surface area (Å²) < 4.78 is 0. The minimum Gasteiger partial charge on any atom is -0.465 e. The predicted octanol–water partition coefficient (Wildman–Crippen LogP) is 3.12. The monoisotopic (exact) mass is 416 g/mol. The van der Waals surface area contributed by atoms with Crippen LogP contribution in [0.25, 0.3) is 11.1 Å². The van der Waals surface area contributed by atoms with Crippen LogP contribution in [0.15, 0.2) is 42.6 Å². The average molecular weight is 417 g/mol. The second kappa shape index (κ2) is 9.71. The lowest BCUT2D eigenvalue weighted by molar-refractivity contribution is -0.108. The van der Waals surface area contributed by atoms with E-state index in [0.29, 0.717) is 11.3 Å². The average Bonchev–Trinajstić information content (AvgIpc) is 2.74. The lowest BCUT2D eigenvalue weighted by Gasteiger charge is -2.36. The summed E-state index contributed by atoms with van der Waals surface area (Å²) >= 11 is 5.94. The first kappa shape index (κ1) is 21.1. The van der Waals surface area contributed by atoms with Gasteiger partial charge in [-0.1, -0.05) is 23.7 Å². The number of halogens is 1. The zero-order valence-electron chi connectivity index (χ0n) is 16.1. The normalized spacial score (nSPS) is 15.7. The summed E-state index contributed by atoms with van der Waals surface area (Å²) in [5.41, 5.74) is 8.33. The Morgan fingerprint density at radius 3 is 2.45 bits per heavy atom. The number of carbonyl (C=O) groups excluding carboxylic acids is 1. The van der Waals surface area contributed by atoms with Gasteiger partial charge in [-0.15, -0.1) is 0 Å². The van der Waals surface area contributed by atoms with E-state index in [9.17, 15) is 9.59 Å². The minimum atomic E-state index is -1.12. The summed E-state index contributed by atoms with van der Waals surface area (Å²) in [6.07, 6.45) is 3.05. The number of rotatable bonds is 7. The fraction of sp³-hybridized carbons (Fsp3) is 0.381. The van der Waals surface area contributed by atoms with E-state index < -0.39 is 6.09 Å². The summed E-state index contributed by atoms with van der Waals surface area (Å²) in [4.78, 5) is 29.7. The molecule has 1 aliphatic rings. The number of aldehydes is 1. The Labute approximate surface area is 175 Å². The summed E-state index contributed by atoms with van der Waals surface area (Å²) in [5.74, 6) is 1.14. The van der Waals surface area contributed by atoms with Gasteiger partial charge in [0.15, 0.2) is 0 Å². The molecule has 0 aliphatic carbocycles. The molecule has 1 aliphatic heterocycles. The van der Waals surface area contributed by atoms with Gasteiger partial charge in [0.25, 0.3) is 0 Å². The highest BCUT2D eigenvalue weighted by Crippen LogP contribution is 2.26. The number of hydrogen-bond donors (Lipinski definition) is 2. The van der Waals surface area contributed by atoms with E-state index in [-0.39, 0.29) is 25.0 Å². The molecule has 0 saturated carbocycles. The largest absolute Gasteiger partial charge is 0.465 e. The van der Waals surface area contributed by atoms with Gasteiger partial charge in [0.05, 0.1) is 6.54 Å². The number of benzene rings is 1. The molecule has 29 heavy (non-hydrogen) atoms. The Morgan fingerprint density at radius 2 is 1.90 bits per heavy atom. The Hall–Kier alpha value is -2.64. The van der Waals surface area contributed by atoms with Crippen molar-refractivity contribution in [1.29, 1.82) is 0 Å². The smallest absolute Gasteiger partial charge is 0.407 e. The van der Waals surface area contributed by atoms with E-state index in [1.165, 1.54) is 0 Å². The van der Waals surface area contributed by atoms with Gasteiger partial charge in [0, 0.05) is 42.5 Å². The molecule has 3 rings (SSSR count). The third-order valence-corrected chi connectivity index (χ3v) is 5.64. The molecule has 1 fully saturated rings. The van der Waals surface area contributed by atoms with Gasteiger partial charge in [-0.3, -0.25) is 4.90 Å². The molecule has 0 bridgehead atoms. The molecule has 3 N–H and O–H groups in total. The summed E-state index contributed by atoms with van der Waals surface area (Å²) in [6.45, 7) is 1.65. The van der Waals surface area contributed by atoms with Crippen molar-refractivity contribution in [3.05, 3.63) is 47.6 Å². The first-order valence-electron chi connectivity index (χ1n) is 9.62. The first-order chi connectivity index (χ1) is 14.0. The van der Waals surface area contributed by atoms with E-state index in [0.717, 1.165) is 47.8 Å². The number of aromatic nitrogens is 1. The molecule has 2 aromatic rings. The molecule has 0 spiro atoms. The highest BCUT2D eigenvalue weighted by Gasteiger charge is 2.27. The Morgan fingerprint density at radius 1 is 1.24 bits per heavy atom. The second-order valence-corrected chi connectivity index (χ2v) is 7.69. The summed E-state index contributed by atoms with van der Waals surface area (Å²) in [7, 11) is 0. The van der Waals surface area contributed by atoms with Gasteiger partial charge in [0.2, 0.25) is 0 Å². The number of nitrogens with zero attached hydrogens (tertiary/aromatic N) is 3. The molecule has 8 heteroatoms. The SMILES string of the molecule is NC(CN(CC=O)C(=O)O)C1CCN(c2ccc(-c3ccc(Cl)cc3)cn2)CC1. The fourth-order valence-corrected chi connectivity index (χ4v) is 3.79. The van der Waals surface area contributed by atoms with Crippen molar-refractivity contribution in [3.63, 3.8) is 0 Å². The predicted molar refractivity (Wildman–Crippen MR) is 113 cm³/mol. The second-order valence-electron chi connectivity index (χ2n) is 7.25. The molecule has 1 saturated heterocycles. The van der Waals surface area contributed by atoms with Crippen LogP contribution >= 0.6 is 11.6 Å². The Kier molecular flexibility index (Phi) is 7.06. The number of amides is 1. The van der Waals surface area contributed by atoms with Gasteiger partial charge in [0.1, 0.15) is 12.1 Å². The number of carbonyl (C=O) groups is 2. The van der Waals surface area contributed by atoms with Gasteiger partial charge >= 0.3 is 6.09 Å². The molecular formula is C21H25ClN4O3. The lowest BCUT2D eigenvalue weighted by Crippen LogP contribution is -2.48. The number of anilines is 1. The van der Waals surface area contributed by atoms with Crippen LogP contribution in [0.3, 0.4) is 0 Å². The highest BCUT2D eigenvalue weighted by molar-refractivity contribution is 6.30. The number of nitrogens with two attached hydrogens (primary N) is 1. The highest BCUT2D eigenvalue weighted by atomic mass is 35.5. The molecule has 1 aromatic carbocycles. The molecule has 7 nitrogen and oxygen atoms in total. The molecular weight excluding hydrogens is 392 g/mol. The maximum absolute atomic E-state index is 11.2. The van der Waals surface area contributed by atoms with Crippen LogP contribution in [0, 0.1) is 5.92 Å². The number of carboxylic acid groups (broad SMARTS) is 1. The van der Waals surface area contributed by atoms with Crippen molar-refractivity contribution in [2.45, 2.75) is 18.9 Å². The van der Waals surface area contributed by atoms with Crippen LogP contribution < -0.4 is 10.6 Å². The standard InChI is InChI=1S/C21H25ClN4O3/c22-18-4-1-15(2-5-18)17-3-6-20(24-13-17)25-9-7-16(8-10-25)19(23)14-26(11-12-27)21(28)29/h1-6,12-13,16,19H,7-11,14,23H2,(H,28,29). The first-order valence-corrected chi connectivity index (χ1v) is 9.99. The van der Waals surface area contributed by atoms with Gasteiger partial charge in [-0.25, -0.2) is 9.78 Å². The van der Waals surface area contributed by atoms with Crippen molar-refractivity contribution in [1.82, 2.24) is 9.88 Å². The van der Waals surface area contributed by atoms with Gasteiger partial charge < -0.3 is 20.5 Å². The lowest BCUT2D eigenvalue weighted by atomic mass is 9.89. The van der Waals surface area contributed by atoms with Gasteiger partial charge in [-0.2, -0.15) is 0 Å². The van der Waals surface area contributed by atoms with Crippen LogP contribution in [0.1, 0.15) is 12.8 Å². The Balaban J connectivity index is 1.55. The molecule has 1 atom stereocenters. The van der Waals surface area contributed by atoms with Crippen molar-refractivity contribution in [3.8, 4) is 11.1 Å². The van der Waals surface area contributed by atoms with E-state index in [2.05, 4.69) is 9.88 Å². The molecule has 1 amide bonds. The topological polar surface area (TPSA) is 99.8 Å². The quantitative estimate of drug-likeness (QED) is 0.672. The van der Waals surface area contributed by atoms with Crippen molar-refractivity contribution in [2.75, 3.05) is 31.1 Å². The van der Waals surface area contributed by atoms with Gasteiger partial charge in [-0.05, 0) is 48.6 Å². The minimum absolute atomic E-state index is 0.147. The number of pyridine rings is 1. The van der Waals surface area contributed by atoms with Crippen LogP contribution in [0.2, 0.25) is 5.02 Å². The molecule has 1 unspecified atom stereocenters. The summed E-state index contributed by atoms with van der Waals surface area (Å²) in [5, 5.41) is 9.85. The van der Waals surface area contributed by atoms with E-state index in [1.807, 2.05) is 42.6 Å². The maximum Gasteiger partial charge on any atom is 0.407 e. The van der Waals surface area contributed by atoms with Crippen LogP contribution in [-0.4, -0.2) is 59.6 Å². The van der Waals surface area contributed by atoms with Crippen molar-refractivity contribution in [2.24, 2.45) is 11.7 Å². The van der Waals surface area contributed by atoms with Crippen molar-refractivity contribution < 1.29 is 14.7 Å². The van der Waals surface area contributed by atoms with Crippen LogP contribution in [-0.2, 0) is 4.79 Å².